The third-order valence-electron chi connectivity index (χ3n) is 1.12. The molecule has 0 saturated heterocycles. The summed E-state index contributed by atoms with van der Waals surface area (Å²) in [5.41, 5.74) is 0. The summed E-state index contributed by atoms with van der Waals surface area (Å²) in [4.78, 5) is 9.96. The number of aliphatic carboxylic acids is 1. The standard InChI is InChI=1S/C6H12O3.Mg.2H/c1-2-3-4-5(7)6(8)9;;;/h5,7H,2-4H2,1H3,(H,8,9);;;/q;+2;2*-1. The molecular formula is C6H14MgO3. The molecule has 0 aliphatic heterocycles. The van der Waals surface area contributed by atoms with Crippen molar-refractivity contribution in [1.29, 1.82) is 0 Å². The predicted molar refractivity (Wildman–Crippen MR) is 41.1 cm³/mol. The smallest absolute Gasteiger partial charge is 1.00 e. The van der Waals surface area contributed by atoms with Crippen LogP contribution >= 0.6 is 0 Å². The van der Waals surface area contributed by atoms with Gasteiger partial charge in [-0.2, -0.15) is 0 Å². The molecular weight excluding hydrogens is 144 g/mol. The molecule has 3 nitrogen and oxygen atoms in total. The average molecular weight is 158 g/mol. The summed E-state index contributed by atoms with van der Waals surface area (Å²) in [5, 5.41) is 16.8. The Labute approximate surface area is 79.6 Å². The molecule has 10 heavy (non-hydrogen) atoms. The molecule has 0 fully saturated rings. The zero-order chi connectivity index (χ0) is 7.28. The maximum absolute atomic E-state index is 9.96. The van der Waals surface area contributed by atoms with E-state index in [-0.39, 0.29) is 25.9 Å². The maximum Gasteiger partial charge on any atom is 2.00 e. The number of carboxylic acids is 1. The van der Waals surface area contributed by atoms with Gasteiger partial charge in [0.15, 0.2) is 6.10 Å². The Morgan fingerprint density at radius 3 is 2.50 bits per heavy atom. The second-order valence-electron chi connectivity index (χ2n) is 2.00. The Hall–Kier alpha value is 0.196. The van der Waals surface area contributed by atoms with Crippen LogP contribution in [0, 0.1) is 0 Å². The van der Waals surface area contributed by atoms with E-state index in [0.717, 1.165) is 12.8 Å². The molecule has 0 aromatic rings. The number of aliphatic hydroxyl groups is 1. The summed E-state index contributed by atoms with van der Waals surface area (Å²) in [7, 11) is 0. The van der Waals surface area contributed by atoms with Crippen molar-refractivity contribution in [1.82, 2.24) is 0 Å². The second kappa shape index (κ2) is 7.30. The topological polar surface area (TPSA) is 57.5 Å². The third-order valence-corrected chi connectivity index (χ3v) is 1.12. The van der Waals surface area contributed by atoms with E-state index in [2.05, 4.69) is 0 Å². The molecule has 0 amide bonds. The van der Waals surface area contributed by atoms with Crippen LogP contribution < -0.4 is 0 Å². The van der Waals surface area contributed by atoms with Crippen molar-refractivity contribution in [3.63, 3.8) is 0 Å². The quantitative estimate of drug-likeness (QED) is 0.585. The molecule has 0 rings (SSSR count). The van der Waals surface area contributed by atoms with E-state index in [1.54, 1.807) is 0 Å². The van der Waals surface area contributed by atoms with Gasteiger partial charge in [-0.15, -0.1) is 0 Å². The van der Waals surface area contributed by atoms with Gasteiger partial charge in [-0.05, 0) is 6.42 Å². The van der Waals surface area contributed by atoms with Crippen LogP contribution in [0.4, 0.5) is 0 Å². The van der Waals surface area contributed by atoms with Crippen molar-refractivity contribution in [2.24, 2.45) is 0 Å². The number of unbranched alkanes of at least 4 members (excludes halogenated alkanes) is 1. The van der Waals surface area contributed by atoms with Crippen LogP contribution in [0.25, 0.3) is 0 Å². The van der Waals surface area contributed by atoms with E-state index in [9.17, 15) is 4.79 Å². The van der Waals surface area contributed by atoms with Crippen molar-refractivity contribution in [2.75, 3.05) is 0 Å². The third kappa shape index (κ3) is 6.32. The molecule has 1 unspecified atom stereocenters. The van der Waals surface area contributed by atoms with E-state index in [1.807, 2.05) is 6.92 Å². The normalized spacial score (nSPS) is 11.8. The first kappa shape index (κ1) is 12.8. The van der Waals surface area contributed by atoms with E-state index in [4.69, 9.17) is 10.2 Å². The molecule has 0 radical (unpaired) electrons. The fraction of sp³-hybridized carbons (Fsp3) is 0.833. The SMILES string of the molecule is CCCCC(O)C(=O)O.[H-].[H-].[Mg+2]. The van der Waals surface area contributed by atoms with Gasteiger partial charge < -0.3 is 13.1 Å². The minimum absolute atomic E-state index is 0. The van der Waals surface area contributed by atoms with Crippen LogP contribution in [0.2, 0.25) is 0 Å². The van der Waals surface area contributed by atoms with Crippen LogP contribution in [-0.4, -0.2) is 45.3 Å². The Bertz CT molecular complexity index is 103. The Morgan fingerprint density at radius 2 is 2.20 bits per heavy atom. The summed E-state index contributed by atoms with van der Waals surface area (Å²) >= 11 is 0. The largest absolute Gasteiger partial charge is 2.00 e. The van der Waals surface area contributed by atoms with Gasteiger partial charge in [-0.25, -0.2) is 4.79 Å². The first-order valence-corrected chi connectivity index (χ1v) is 3.09. The van der Waals surface area contributed by atoms with Gasteiger partial charge in [0.05, 0.1) is 0 Å². The number of rotatable bonds is 4. The fourth-order valence-electron chi connectivity index (χ4n) is 0.521. The van der Waals surface area contributed by atoms with Crippen molar-refractivity contribution >= 4 is 29.0 Å². The zero-order valence-corrected chi connectivity index (χ0v) is 7.62. The maximum atomic E-state index is 9.96. The van der Waals surface area contributed by atoms with Gasteiger partial charge in [0.25, 0.3) is 0 Å². The van der Waals surface area contributed by atoms with E-state index >= 15 is 0 Å². The molecule has 0 spiro atoms. The molecule has 0 aliphatic carbocycles. The van der Waals surface area contributed by atoms with Crippen molar-refractivity contribution < 1.29 is 17.9 Å². The number of aliphatic hydroxyl groups excluding tert-OH is 1. The molecule has 0 aliphatic rings. The minimum Gasteiger partial charge on any atom is -1.00 e. The van der Waals surface area contributed by atoms with Crippen LogP contribution in [0.5, 0.6) is 0 Å². The molecule has 0 bridgehead atoms. The fourth-order valence-corrected chi connectivity index (χ4v) is 0.521. The monoisotopic (exact) mass is 158 g/mol. The number of carboxylic acid groups (broad SMARTS) is 1. The first-order valence-electron chi connectivity index (χ1n) is 3.09. The molecule has 1 atom stereocenters. The predicted octanol–water partition coefficient (Wildman–Crippen LogP) is 0.466. The van der Waals surface area contributed by atoms with Crippen LogP contribution in [0.15, 0.2) is 0 Å². The number of hydrogen-bond acceptors (Lipinski definition) is 2. The first-order chi connectivity index (χ1) is 4.18. The van der Waals surface area contributed by atoms with Gasteiger partial charge in [0, 0.05) is 0 Å². The summed E-state index contributed by atoms with van der Waals surface area (Å²) in [6, 6.07) is 0. The molecule has 0 heterocycles. The summed E-state index contributed by atoms with van der Waals surface area (Å²) in [6.07, 6.45) is 0.897. The summed E-state index contributed by atoms with van der Waals surface area (Å²) < 4.78 is 0. The van der Waals surface area contributed by atoms with Crippen LogP contribution in [0.3, 0.4) is 0 Å². The minimum atomic E-state index is -1.16. The van der Waals surface area contributed by atoms with Crippen molar-refractivity contribution in [3.05, 3.63) is 0 Å². The Balaban J connectivity index is -0.000000107. The molecule has 2 N–H and O–H groups in total. The van der Waals surface area contributed by atoms with E-state index in [0.29, 0.717) is 6.42 Å². The van der Waals surface area contributed by atoms with Gasteiger partial charge in [0.2, 0.25) is 0 Å². The van der Waals surface area contributed by atoms with Crippen molar-refractivity contribution in [3.8, 4) is 0 Å². The summed E-state index contributed by atoms with van der Waals surface area (Å²) in [5.74, 6) is -1.12. The zero-order valence-electron chi connectivity index (χ0n) is 8.21. The van der Waals surface area contributed by atoms with Gasteiger partial charge in [-0.1, -0.05) is 19.8 Å². The second-order valence-corrected chi connectivity index (χ2v) is 2.00. The van der Waals surface area contributed by atoms with E-state index < -0.39 is 12.1 Å². The molecule has 4 heteroatoms. The molecule has 58 valence electrons. The molecule has 0 aromatic heterocycles. The number of hydrogen-bond donors (Lipinski definition) is 2. The van der Waals surface area contributed by atoms with Gasteiger partial charge in [0.1, 0.15) is 0 Å². The Morgan fingerprint density at radius 1 is 1.70 bits per heavy atom. The van der Waals surface area contributed by atoms with E-state index in [1.165, 1.54) is 0 Å². The van der Waals surface area contributed by atoms with Gasteiger partial charge >= 0.3 is 29.0 Å². The molecule has 0 aromatic carbocycles. The van der Waals surface area contributed by atoms with Crippen molar-refractivity contribution in [2.45, 2.75) is 32.3 Å². The average Bonchev–Trinajstić information content (AvgIpc) is 1.82. The number of carbonyl (C=O) groups is 1. The Kier molecular flexibility index (Phi) is 9.38. The van der Waals surface area contributed by atoms with Gasteiger partial charge in [-0.3, -0.25) is 0 Å². The summed E-state index contributed by atoms with van der Waals surface area (Å²) in [6.45, 7) is 1.95. The van der Waals surface area contributed by atoms with Crippen LogP contribution in [0.1, 0.15) is 29.0 Å². The van der Waals surface area contributed by atoms with Crippen LogP contribution in [-0.2, 0) is 4.79 Å². The molecule has 0 saturated carbocycles.